The van der Waals surface area contributed by atoms with Gasteiger partial charge in [-0.1, -0.05) is 13.8 Å². The second-order valence-electron chi connectivity index (χ2n) is 7.00. The van der Waals surface area contributed by atoms with Crippen molar-refractivity contribution in [2.75, 3.05) is 19.6 Å². The Balaban J connectivity index is 2.06. The minimum atomic E-state index is 0.272. The van der Waals surface area contributed by atoms with E-state index in [4.69, 9.17) is 0 Å². The first-order chi connectivity index (χ1) is 7.88. The fourth-order valence-electron chi connectivity index (χ4n) is 2.23. The van der Waals surface area contributed by atoms with Gasteiger partial charge in [0, 0.05) is 18.1 Å². The highest BCUT2D eigenvalue weighted by atomic mass is 15.2. The zero-order valence-corrected chi connectivity index (χ0v) is 12.6. The summed E-state index contributed by atoms with van der Waals surface area (Å²) in [6.45, 7) is 15.1. The smallest absolute Gasteiger partial charge is 0.00965 e. The second-order valence-corrected chi connectivity index (χ2v) is 7.00. The lowest BCUT2D eigenvalue weighted by Crippen LogP contribution is -2.37. The van der Waals surface area contributed by atoms with Crippen LogP contribution >= 0.6 is 0 Å². The molecule has 0 spiro atoms. The van der Waals surface area contributed by atoms with Crippen molar-refractivity contribution < 1.29 is 0 Å². The quantitative estimate of drug-likeness (QED) is 0.655. The maximum Gasteiger partial charge on any atom is 0.00965 e. The van der Waals surface area contributed by atoms with Crippen molar-refractivity contribution in [1.29, 1.82) is 0 Å². The van der Waals surface area contributed by atoms with Gasteiger partial charge < -0.3 is 10.2 Å². The zero-order chi connectivity index (χ0) is 12.9. The molecule has 1 aliphatic carbocycles. The van der Waals surface area contributed by atoms with E-state index < -0.39 is 0 Å². The van der Waals surface area contributed by atoms with Crippen LogP contribution in [0.5, 0.6) is 0 Å². The lowest BCUT2D eigenvalue weighted by Gasteiger charge is -2.25. The number of unbranched alkanes of at least 4 members (excludes halogenated alkanes) is 1. The molecule has 1 saturated carbocycles. The summed E-state index contributed by atoms with van der Waals surface area (Å²) < 4.78 is 0. The molecule has 1 aliphatic rings. The van der Waals surface area contributed by atoms with Crippen molar-refractivity contribution in [3.8, 4) is 0 Å². The largest absolute Gasteiger partial charge is 0.312 e. The molecule has 0 bridgehead atoms. The Morgan fingerprint density at radius 2 is 1.82 bits per heavy atom. The highest BCUT2D eigenvalue weighted by molar-refractivity contribution is 4.84. The summed E-state index contributed by atoms with van der Waals surface area (Å²) in [6, 6.07) is 0.924. The van der Waals surface area contributed by atoms with Crippen LogP contribution in [0.4, 0.5) is 0 Å². The van der Waals surface area contributed by atoms with Crippen molar-refractivity contribution in [2.24, 2.45) is 5.92 Å². The van der Waals surface area contributed by atoms with Crippen LogP contribution in [-0.4, -0.2) is 36.1 Å². The van der Waals surface area contributed by atoms with Gasteiger partial charge in [0.05, 0.1) is 0 Å². The molecule has 0 aromatic rings. The summed E-state index contributed by atoms with van der Waals surface area (Å²) in [5.74, 6) is 0.809. The number of hydrogen-bond donors (Lipinski definition) is 1. The molecule has 102 valence electrons. The minimum absolute atomic E-state index is 0.272. The highest BCUT2D eigenvalue weighted by Gasteiger charge is 2.28. The van der Waals surface area contributed by atoms with E-state index in [1.54, 1.807) is 0 Å². The molecule has 1 rings (SSSR count). The fourth-order valence-corrected chi connectivity index (χ4v) is 2.23. The molecule has 2 heteroatoms. The van der Waals surface area contributed by atoms with E-state index in [-0.39, 0.29) is 5.54 Å². The van der Waals surface area contributed by atoms with E-state index >= 15 is 0 Å². The van der Waals surface area contributed by atoms with Gasteiger partial charge in [0.1, 0.15) is 0 Å². The normalized spacial score (nSPS) is 17.1. The third-order valence-corrected chi connectivity index (χ3v) is 3.19. The summed E-state index contributed by atoms with van der Waals surface area (Å²) in [5.41, 5.74) is 0.272. The summed E-state index contributed by atoms with van der Waals surface area (Å²) in [5, 5.41) is 3.56. The van der Waals surface area contributed by atoms with Gasteiger partial charge in [-0.05, 0) is 65.5 Å². The third kappa shape index (κ3) is 7.77. The van der Waals surface area contributed by atoms with E-state index in [1.165, 1.54) is 38.8 Å². The number of nitrogens with one attached hydrogen (secondary N) is 1. The molecule has 0 atom stereocenters. The van der Waals surface area contributed by atoms with Gasteiger partial charge in [-0.25, -0.2) is 0 Å². The molecule has 1 fully saturated rings. The predicted molar refractivity (Wildman–Crippen MR) is 76.4 cm³/mol. The Hall–Kier alpha value is -0.0800. The average molecular weight is 240 g/mol. The number of hydrogen-bond acceptors (Lipinski definition) is 2. The average Bonchev–Trinajstić information content (AvgIpc) is 2.96. The molecule has 2 nitrogen and oxygen atoms in total. The first-order valence-corrected chi connectivity index (χ1v) is 7.37. The molecule has 0 heterocycles. The molecular weight excluding hydrogens is 208 g/mol. The molecular formula is C15H32N2. The van der Waals surface area contributed by atoms with Gasteiger partial charge in [-0.2, -0.15) is 0 Å². The van der Waals surface area contributed by atoms with Gasteiger partial charge in [0.25, 0.3) is 0 Å². The van der Waals surface area contributed by atoms with Crippen molar-refractivity contribution in [2.45, 2.75) is 71.9 Å². The molecule has 17 heavy (non-hydrogen) atoms. The van der Waals surface area contributed by atoms with Gasteiger partial charge >= 0.3 is 0 Å². The lowest BCUT2D eigenvalue weighted by molar-refractivity contribution is 0.229. The van der Waals surface area contributed by atoms with Crippen molar-refractivity contribution in [3.63, 3.8) is 0 Å². The topological polar surface area (TPSA) is 15.3 Å². The SMILES string of the molecule is CC(C)CN(CCCCNC(C)(C)C)C1CC1. The summed E-state index contributed by atoms with van der Waals surface area (Å²) in [7, 11) is 0. The van der Waals surface area contributed by atoms with Crippen LogP contribution in [0.3, 0.4) is 0 Å². The minimum Gasteiger partial charge on any atom is -0.312 e. The van der Waals surface area contributed by atoms with Crippen LogP contribution in [-0.2, 0) is 0 Å². The Morgan fingerprint density at radius 3 is 2.29 bits per heavy atom. The molecule has 0 aromatic carbocycles. The van der Waals surface area contributed by atoms with Gasteiger partial charge in [-0.15, -0.1) is 0 Å². The van der Waals surface area contributed by atoms with E-state index in [9.17, 15) is 0 Å². The first-order valence-electron chi connectivity index (χ1n) is 7.37. The zero-order valence-electron chi connectivity index (χ0n) is 12.6. The van der Waals surface area contributed by atoms with E-state index in [0.717, 1.165) is 18.5 Å². The fraction of sp³-hybridized carbons (Fsp3) is 1.00. The summed E-state index contributed by atoms with van der Waals surface area (Å²) >= 11 is 0. The van der Waals surface area contributed by atoms with Crippen LogP contribution in [0.2, 0.25) is 0 Å². The van der Waals surface area contributed by atoms with E-state index in [0.29, 0.717) is 0 Å². The summed E-state index contributed by atoms with van der Waals surface area (Å²) in [6.07, 6.45) is 5.52. The molecule has 0 amide bonds. The van der Waals surface area contributed by atoms with Crippen LogP contribution in [0.15, 0.2) is 0 Å². The van der Waals surface area contributed by atoms with E-state index in [2.05, 4.69) is 44.8 Å². The molecule has 1 N–H and O–H groups in total. The number of nitrogens with zero attached hydrogens (tertiary/aromatic N) is 1. The lowest BCUT2D eigenvalue weighted by atomic mass is 10.1. The van der Waals surface area contributed by atoms with Gasteiger partial charge in [0.2, 0.25) is 0 Å². The highest BCUT2D eigenvalue weighted by Crippen LogP contribution is 2.27. The van der Waals surface area contributed by atoms with Crippen LogP contribution in [0.25, 0.3) is 0 Å². The predicted octanol–water partition coefficient (Wildman–Crippen LogP) is 3.28. The van der Waals surface area contributed by atoms with Crippen LogP contribution in [0, 0.1) is 5.92 Å². The Morgan fingerprint density at radius 1 is 1.18 bits per heavy atom. The van der Waals surface area contributed by atoms with Gasteiger partial charge in [-0.3, -0.25) is 0 Å². The Kier molecular flexibility index (Phi) is 5.94. The second kappa shape index (κ2) is 6.75. The van der Waals surface area contributed by atoms with E-state index in [1.807, 2.05) is 0 Å². The van der Waals surface area contributed by atoms with Crippen LogP contribution < -0.4 is 5.32 Å². The maximum absolute atomic E-state index is 3.56. The Labute approximate surface area is 108 Å². The molecule has 0 unspecified atom stereocenters. The third-order valence-electron chi connectivity index (χ3n) is 3.19. The molecule has 0 radical (unpaired) electrons. The Bertz CT molecular complexity index is 201. The monoisotopic (exact) mass is 240 g/mol. The van der Waals surface area contributed by atoms with Crippen LogP contribution in [0.1, 0.15) is 60.3 Å². The first kappa shape index (κ1) is 15.0. The van der Waals surface area contributed by atoms with Crippen molar-refractivity contribution >= 4 is 0 Å². The molecule has 0 aromatic heterocycles. The molecule has 0 saturated heterocycles. The standard InChI is InChI=1S/C15H32N2/c1-13(2)12-17(14-8-9-14)11-7-6-10-16-15(3,4)5/h13-14,16H,6-12H2,1-5H3. The van der Waals surface area contributed by atoms with Crippen molar-refractivity contribution in [1.82, 2.24) is 10.2 Å². The maximum atomic E-state index is 3.56. The van der Waals surface area contributed by atoms with Crippen molar-refractivity contribution in [3.05, 3.63) is 0 Å². The molecule has 0 aliphatic heterocycles. The summed E-state index contributed by atoms with van der Waals surface area (Å²) in [4.78, 5) is 2.71. The van der Waals surface area contributed by atoms with Gasteiger partial charge in [0.15, 0.2) is 0 Å². The number of rotatable bonds is 8.